The van der Waals surface area contributed by atoms with Crippen molar-refractivity contribution >= 4 is 43.9 Å². The van der Waals surface area contributed by atoms with E-state index in [-0.39, 0.29) is 17.9 Å². The molecule has 0 aromatic carbocycles. The second-order valence-corrected chi connectivity index (χ2v) is 9.12. The van der Waals surface area contributed by atoms with Gasteiger partial charge in [-0.3, -0.25) is 9.59 Å². The number of hydrogen-bond acceptors (Lipinski definition) is 7. The normalized spacial score (nSPS) is 13.5. The van der Waals surface area contributed by atoms with Gasteiger partial charge < -0.3 is 15.2 Å². The highest BCUT2D eigenvalue weighted by atomic mass is 32.1. The summed E-state index contributed by atoms with van der Waals surface area (Å²) < 4.78 is 0. The summed E-state index contributed by atoms with van der Waals surface area (Å²) in [6.07, 6.45) is 5.02. The number of carbonyl (C=O) groups excluding carboxylic acids is 1. The fourth-order valence-corrected chi connectivity index (χ4v) is 5.46. The molecule has 148 valence electrons. The van der Waals surface area contributed by atoms with Crippen LogP contribution in [0.1, 0.15) is 41.2 Å². The number of nitrogens with one attached hydrogen (secondary N) is 2. The molecule has 0 saturated heterocycles. The molecule has 3 aromatic rings. The lowest BCUT2D eigenvalue weighted by Gasteiger charge is -2.09. The average Bonchev–Trinajstić information content (AvgIpc) is 3.29. The minimum absolute atomic E-state index is 0.0708. The molecule has 0 unspecified atom stereocenters. The van der Waals surface area contributed by atoms with E-state index in [0.717, 1.165) is 40.3 Å². The molecule has 0 fully saturated rings. The van der Waals surface area contributed by atoms with Crippen molar-refractivity contribution in [3.63, 3.8) is 0 Å². The Hall–Kier alpha value is -2.26. The number of hydrogen-bond donors (Lipinski definition) is 2. The highest BCUT2D eigenvalue weighted by molar-refractivity contribution is 7.18. The maximum absolute atomic E-state index is 12.5. The number of H-pyrrole nitrogens is 1. The molecule has 0 radical (unpaired) electrons. The van der Waals surface area contributed by atoms with Gasteiger partial charge in [0.25, 0.3) is 5.56 Å². The number of aromatic nitrogens is 3. The number of aromatic amines is 1. The Morgan fingerprint density at radius 3 is 2.89 bits per heavy atom. The Morgan fingerprint density at radius 2 is 2.11 bits per heavy atom. The Morgan fingerprint density at radius 1 is 1.29 bits per heavy atom. The van der Waals surface area contributed by atoms with Crippen molar-refractivity contribution in [3.05, 3.63) is 37.7 Å². The summed E-state index contributed by atoms with van der Waals surface area (Å²) in [5.74, 6) is 0.502. The fourth-order valence-electron chi connectivity index (χ4n) is 3.42. The lowest BCUT2D eigenvalue weighted by atomic mass is 9.97. The number of amides is 1. The van der Waals surface area contributed by atoms with Gasteiger partial charge >= 0.3 is 0 Å². The number of anilines is 1. The molecule has 28 heavy (non-hydrogen) atoms. The first-order valence-electron chi connectivity index (χ1n) is 9.43. The van der Waals surface area contributed by atoms with E-state index < -0.39 is 0 Å². The third-order valence-corrected chi connectivity index (χ3v) is 7.09. The van der Waals surface area contributed by atoms with Crippen LogP contribution in [0.5, 0.6) is 0 Å². The van der Waals surface area contributed by atoms with Crippen molar-refractivity contribution in [3.8, 4) is 0 Å². The third kappa shape index (κ3) is 3.95. The summed E-state index contributed by atoms with van der Waals surface area (Å²) in [4.78, 5) is 40.7. The summed E-state index contributed by atoms with van der Waals surface area (Å²) in [5, 5.41) is 6.50. The summed E-state index contributed by atoms with van der Waals surface area (Å²) in [6.45, 7) is 0.407. The largest absolute Gasteiger partial charge is 0.354 e. The molecule has 1 aliphatic rings. The number of aryl methyl sites for hydroxylation is 3. The van der Waals surface area contributed by atoms with E-state index in [2.05, 4.69) is 20.3 Å². The fraction of sp³-hybridized carbons (Fsp3) is 0.474. The Bertz CT molecular complexity index is 1070. The number of thiazole rings is 1. The van der Waals surface area contributed by atoms with Gasteiger partial charge in [0, 0.05) is 37.2 Å². The van der Waals surface area contributed by atoms with Crippen LogP contribution in [-0.2, 0) is 30.6 Å². The highest BCUT2D eigenvalue weighted by Gasteiger charge is 2.19. The number of rotatable bonds is 6. The van der Waals surface area contributed by atoms with E-state index in [0.29, 0.717) is 18.8 Å². The van der Waals surface area contributed by atoms with Gasteiger partial charge in [-0.15, -0.1) is 22.7 Å². The number of thiophene rings is 1. The van der Waals surface area contributed by atoms with Crippen LogP contribution in [0.15, 0.2) is 10.2 Å². The first-order chi connectivity index (χ1) is 13.5. The van der Waals surface area contributed by atoms with Crippen LogP contribution in [0.3, 0.4) is 0 Å². The molecule has 4 rings (SSSR count). The zero-order chi connectivity index (χ0) is 19.7. The molecular formula is C19H23N5O2S2. The Kier molecular flexibility index (Phi) is 5.45. The van der Waals surface area contributed by atoms with Crippen LogP contribution in [0.4, 0.5) is 5.13 Å². The molecular weight excluding hydrogens is 394 g/mol. The minimum Gasteiger partial charge on any atom is -0.354 e. The van der Waals surface area contributed by atoms with Crippen molar-refractivity contribution in [1.82, 2.24) is 20.3 Å². The standard InChI is InChI=1S/C19H23N5O2S2/c1-24(2)19-21-11(10-27-19)9-20-15(25)8-7-14-22-17(26)16-12-5-3-4-6-13(12)28-18(16)23-14/h10H,3-9H2,1-2H3,(H,20,25)(H,22,23,26). The van der Waals surface area contributed by atoms with Crippen molar-refractivity contribution in [2.45, 2.75) is 45.1 Å². The van der Waals surface area contributed by atoms with Crippen LogP contribution < -0.4 is 15.8 Å². The molecule has 1 aliphatic carbocycles. The van der Waals surface area contributed by atoms with Crippen LogP contribution in [0.25, 0.3) is 10.2 Å². The zero-order valence-electron chi connectivity index (χ0n) is 16.0. The first kappa shape index (κ1) is 19.1. The maximum atomic E-state index is 12.5. The summed E-state index contributed by atoms with van der Waals surface area (Å²) >= 11 is 3.18. The van der Waals surface area contributed by atoms with E-state index in [9.17, 15) is 9.59 Å². The van der Waals surface area contributed by atoms with Gasteiger partial charge in [0.2, 0.25) is 5.91 Å². The molecule has 9 heteroatoms. The lowest BCUT2D eigenvalue weighted by molar-refractivity contribution is -0.121. The third-order valence-electron chi connectivity index (χ3n) is 4.85. The molecule has 0 spiro atoms. The van der Waals surface area contributed by atoms with Crippen LogP contribution in [-0.4, -0.2) is 35.0 Å². The molecule has 0 aliphatic heterocycles. The molecule has 2 N–H and O–H groups in total. The van der Waals surface area contributed by atoms with Gasteiger partial charge in [-0.2, -0.15) is 0 Å². The predicted octanol–water partition coefficient (Wildman–Crippen LogP) is 2.63. The monoisotopic (exact) mass is 417 g/mol. The van der Waals surface area contributed by atoms with Crippen LogP contribution in [0.2, 0.25) is 0 Å². The SMILES string of the molecule is CN(C)c1nc(CNC(=O)CCc2nc3sc4c(c3c(=O)[nH]2)CCCC4)cs1. The maximum Gasteiger partial charge on any atom is 0.259 e. The average molecular weight is 418 g/mol. The molecule has 7 nitrogen and oxygen atoms in total. The topological polar surface area (TPSA) is 91.0 Å². The van der Waals surface area contributed by atoms with Gasteiger partial charge in [-0.05, 0) is 31.2 Å². The highest BCUT2D eigenvalue weighted by Crippen LogP contribution is 2.33. The van der Waals surface area contributed by atoms with Crippen molar-refractivity contribution in [2.75, 3.05) is 19.0 Å². The van der Waals surface area contributed by atoms with Crippen LogP contribution >= 0.6 is 22.7 Å². The summed E-state index contributed by atoms with van der Waals surface area (Å²) in [5.41, 5.74) is 1.96. The summed E-state index contributed by atoms with van der Waals surface area (Å²) in [7, 11) is 3.88. The Balaban J connectivity index is 1.38. The quantitative estimate of drug-likeness (QED) is 0.643. The van der Waals surface area contributed by atoms with Gasteiger partial charge in [-0.25, -0.2) is 9.97 Å². The Labute approximate surface area is 170 Å². The van der Waals surface area contributed by atoms with Crippen LogP contribution in [0, 0.1) is 0 Å². The van der Waals surface area contributed by atoms with Crippen molar-refractivity contribution in [1.29, 1.82) is 0 Å². The van der Waals surface area contributed by atoms with Gasteiger partial charge in [0.05, 0.1) is 17.6 Å². The van der Waals surface area contributed by atoms with Crippen molar-refractivity contribution < 1.29 is 4.79 Å². The molecule has 0 saturated carbocycles. The minimum atomic E-state index is -0.0763. The van der Waals surface area contributed by atoms with E-state index >= 15 is 0 Å². The number of fused-ring (bicyclic) bond motifs is 3. The van der Waals surface area contributed by atoms with E-state index in [1.54, 1.807) is 22.7 Å². The molecule has 0 bridgehead atoms. The van der Waals surface area contributed by atoms with E-state index in [1.807, 2.05) is 24.4 Å². The molecule has 0 atom stereocenters. The van der Waals surface area contributed by atoms with Crippen molar-refractivity contribution in [2.24, 2.45) is 0 Å². The second-order valence-electron chi connectivity index (χ2n) is 7.20. The smallest absolute Gasteiger partial charge is 0.259 e. The number of carbonyl (C=O) groups is 1. The second kappa shape index (κ2) is 8.00. The van der Waals surface area contributed by atoms with Gasteiger partial charge in [0.15, 0.2) is 5.13 Å². The lowest BCUT2D eigenvalue weighted by Crippen LogP contribution is -2.24. The summed E-state index contributed by atoms with van der Waals surface area (Å²) in [6, 6.07) is 0. The zero-order valence-corrected chi connectivity index (χ0v) is 17.6. The first-order valence-corrected chi connectivity index (χ1v) is 11.1. The predicted molar refractivity (Wildman–Crippen MR) is 113 cm³/mol. The number of nitrogens with zero attached hydrogens (tertiary/aromatic N) is 3. The van der Waals surface area contributed by atoms with E-state index in [1.165, 1.54) is 16.9 Å². The molecule has 3 heterocycles. The molecule has 3 aromatic heterocycles. The molecule has 1 amide bonds. The van der Waals surface area contributed by atoms with Gasteiger partial charge in [-0.1, -0.05) is 0 Å². The van der Waals surface area contributed by atoms with E-state index in [4.69, 9.17) is 0 Å². The van der Waals surface area contributed by atoms with Gasteiger partial charge in [0.1, 0.15) is 10.7 Å².